The van der Waals surface area contributed by atoms with Crippen LogP contribution in [0.2, 0.25) is 0 Å². The highest BCUT2D eigenvalue weighted by atomic mass is 17.1. The number of methoxy groups -OCH3 is 1. The summed E-state index contributed by atoms with van der Waals surface area (Å²) in [6.07, 6.45) is 0.457. The fourth-order valence-corrected chi connectivity index (χ4v) is 0.644. The van der Waals surface area contributed by atoms with Crippen LogP contribution in [-0.4, -0.2) is 24.3 Å². The monoisotopic (exact) mass is 176 g/mol. The number of carbonyl (C=O) groups excluding carboxylic acids is 2. The normalized spacial score (nSPS) is 11.9. The molecule has 12 heavy (non-hydrogen) atoms. The van der Waals surface area contributed by atoms with E-state index in [0.29, 0.717) is 6.42 Å². The molecule has 0 saturated heterocycles. The van der Waals surface area contributed by atoms with Gasteiger partial charge in [0.2, 0.25) is 0 Å². The van der Waals surface area contributed by atoms with Crippen molar-refractivity contribution in [3.63, 3.8) is 0 Å². The van der Waals surface area contributed by atoms with E-state index >= 15 is 0 Å². The first-order valence-electron chi connectivity index (χ1n) is 3.54. The van der Waals surface area contributed by atoms with Crippen LogP contribution in [0.25, 0.3) is 0 Å². The first-order chi connectivity index (χ1) is 5.61. The molecule has 0 amide bonds. The van der Waals surface area contributed by atoms with Crippen molar-refractivity contribution in [2.24, 2.45) is 5.92 Å². The van der Waals surface area contributed by atoms with Crippen molar-refractivity contribution in [1.82, 2.24) is 0 Å². The maximum atomic E-state index is 10.6. The van der Waals surface area contributed by atoms with Gasteiger partial charge in [-0.1, -0.05) is 6.92 Å². The van der Waals surface area contributed by atoms with E-state index in [0.717, 1.165) is 0 Å². The molecule has 1 atom stereocenters. The van der Waals surface area contributed by atoms with Crippen molar-refractivity contribution in [3.05, 3.63) is 0 Å². The number of esters is 1. The van der Waals surface area contributed by atoms with Crippen molar-refractivity contribution in [2.45, 2.75) is 19.8 Å². The van der Waals surface area contributed by atoms with E-state index < -0.39 is 11.9 Å². The van der Waals surface area contributed by atoms with E-state index in [9.17, 15) is 9.59 Å². The molecule has 0 spiro atoms. The van der Waals surface area contributed by atoms with Gasteiger partial charge in [0, 0.05) is 6.42 Å². The summed E-state index contributed by atoms with van der Waals surface area (Å²) in [4.78, 5) is 24.7. The Labute approximate surface area is 70.2 Å². The molecule has 0 radical (unpaired) electrons. The Hall–Kier alpha value is -1.10. The number of carbonyl (C=O) groups is 2. The second-order valence-corrected chi connectivity index (χ2v) is 2.43. The summed E-state index contributed by atoms with van der Waals surface area (Å²) in [6, 6.07) is 0. The minimum Gasteiger partial charge on any atom is -0.469 e. The Morgan fingerprint density at radius 1 is 1.50 bits per heavy atom. The highest BCUT2D eigenvalue weighted by Gasteiger charge is 2.15. The van der Waals surface area contributed by atoms with Crippen LogP contribution in [0.5, 0.6) is 0 Å². The van der Waals surface area contributed by atoms with Crippen LogP contribution >= 0.6 is 0 Å². The van der Waals surface area contributed by atoms with E-state index in [-0.39, 0.29) is 12.4 Å². The molecule has 0 rings (SSSR count). The third kappa shape index (κ3) is 3.92. The molecule has 0 aromatic heterocycles. The summed E-state index contributed by atoms with van der Waals surface area (Å²) in [5.41, 5.74) is 0. The zero-order chi connectivity index (χ0) is 9.56. The summed E-state index contributed by atoms with van der Waals surface area (Å²) in [7, 11) is 1.28. The Balaban J connectivity index is 3.63. The van der Waals surface area contributed by atoms with Gasteiger partial charge in [-0.2, -0.15) is 5.26 Å². The number of hydrogen-bond acceptors (Lipinski definition) is 5. The van der Waals surface area contributed by atoms with Gasteiger partial charge in [-0.15, -0.1) is 0 Å². The summed E-state index contributed by atoms with van der Waals surface area (Å²) < 4.78 is 4.36. The van der Waals surface area contributed by atoms with E-state index in [4.69, 9.17) is 5.26 Å². The second-order valence-electron chi connectivity index (χ2n) is 2.43. The fourth-order valence-electron chi connectivity index (χ4n) is 0.644. The maximum absolute atomic E-state index is 10.6. The smallest absolute Gasteiger partial charge is 0.344 e. The standard InChI is InChI=1S/C7H12O5/c1-5(7(9)12-10)3-4-6(8)11-2/h5,10H,3-4H2,1-2H3. The molecule has 0 heterocycles. The summed E-state index contributed by atoms with van der Waals surface area (Å²) in [5.74, 6) is -1.61. The predicted octanol–water partition coefficient (Wildman–Crippen LogP) is 0.592. The predicted molar refractivity (Wildman–Crippen MR) is 39.1 cm³/mol. The Morgan fingerprint density at radius 3 is 2.50 bits per heavy atom. The van der Waals surface area contributed by atoms with E-state index in [1.807, 2.05) is 0 Å². The molecule has 70 valence electrons. The number of hydrogen-bond donors (Lipinski definition) is 1. The molecule has 0 aliphatic heterocycles. The minimum absolute atomic E-state index is 0.146. The summed E-state index contributed by atoms with van der Waals surface area (Å²) in [6.45, 7) is 1.56. The molecule has 0 bridgehead atoms. The SMILES string of the molecule is COC(=O)CCC(C)C(=O)OO. The van der Waals surface area contributed by atoms with Crippen molar-refractivity contribution in [1.29, 1.82) is 0 Å². The molecule has 0 aromatic carbocycles. The Morgan fingerprint density at radius 2 is 2.08 bits per heavy atom. The molecule has 1 unspecified atom stereocenters. The minimum atomic E-state index is -0.737. The van der Waals surface area contributed by atoms with Gasteiger partial charge in [0.15, 0.2) is 0 Å². The van der Waals surface area contributed by atoms with Gasteiger partial charge in [-0.3, -0.25) is 4.79 Å². The van der Waals surface area contributed by atoms with Gasteiger partial charge in [0.1, 0.15) is 0 Å². The molecule has 0 aliphatic rings. The van der Waals surface area contributed by atoms with Gasteiger partial charge in [0.25, 0.3) is 0 Å². The molecule has 1 N–H and O–H groups in total. The molecule has 0 saturated carbocycles. The van der Waals surface area contributed by atoms with Crippen molar-refractivity contribution in [3.8, 4) is 0 Å². The number of ether oxygens (including phenoxy) is 1. The lowest BCUT2D eigenvalue weighted by molar-refractivity contribution is -0.238. The van der Waals surface area contributed by atoms with Gasteiger partial charge < -0.3 is 9.62 Å². The highest BCUT2D eigenvalue weighted by molar-refractivity contribution is 5.73. The van der Waals surface area contributed by atoms with Crippen LogP contribution in [0.3, 0.4) is 0 Å². The molecule has 5 heteroatoms. The average Bonchev–Trinajstić information content (AvgIpc) is 2.11. The van der Waals surface area contributed by atoms with Crippen LogP contribution in [0.15, 0.2) is 0 Å². The summed E-state index contributed by atoms with van der Waals surface area (Å²) >= 11 is 0. The van der Waals surface area contributed by atoms with E-state index in [1.54, 1.807) is 6.92 Å². The van der Waals surface area contributed by atoms with Crippen molar-refractivity contribution in [2.75, 3.05) is 7.11 Å². The molecule has 5 nitrogen and oxygen atoms in total. The van der Waals surface area contributed by atoms with Crippen LogP contribution in [0, 0.1) is 5.92 Å². The van der Waals surface area contributed by atoms with Crippen LogP contribution in [0.4, 0.5) is 0 Å². The number of rotatable bonds is 4. The highest BCUT2D eigenvalue weighted by Crippen LogP contribution is 2.07. The van der Waals surface area contributed by atoms with Crippen molar-refractivity contribution < 1.29 is 24.5 Å². The second kappa shape index (κ2) is 5.54. The lowest BCUT2D eigenvalue weighted by atomic mass is 10.1. The zero-order valence-corrected chi connectivity index (χ0v) is 7.07. The van der Waals surface area contributed by atoms with Crippen molar-refractivity contribution >= 4 is 11.9 Å². The third-order valence-electron chi connectivity index (χ3n) is 1.50. The average molecular weight is 176 g/mol. The van der Waals surface area contributed by atoms with Crippen LogP contribution < -0.4 is 0 Å². The van der Waals surface area contributed by atoms with Crippen LogP contribution in [-0.2, 0) is 19.2 Å². The molecular formula is C7H12O5. The third-order valence-corrected chi connectivity index (χ3v) is 1.50. The van der Waals surface area contributed by atoms with Gasteiger partial charge in [0.05, 0.1) is 13.0 Å². The lowest BCUT2D eigenvalue weighted by Gasteiger charge is -2.05. The van der Waals surface area contributed by atoms with Gasteiger partial charge in [-0.25, -0.2) is 4.79 Å². The van der Waals surface area contributed by atoms with Gasteiger partial charge in [-0.05, 0) is 6.42 Å². The first kappa shape index (κ1) is 10.9. The quantitative estimate of drug-likeness (QED) is 0.385. The lowest BCUT2D eigenvalue weighted by Crippen LogP contribution is -2.14. The fraction of sp³-hybridized carbons (Fsp3) is 0.714. The maximum Gasteiger partial charge on any atom is 0.344 e. The Bertz CT molecular complexity index is 165. The van der Waals surface area contributed by atoms with Gasteiger partial charge >= 0.3 is 11.9 Å². The van der Waals surface area contributed by atoms with Crippen LogP contribution in [0.1, 0.15) is 19.8 Å². The Kier molecular flexibility index (Phi) is 5.03. The molecule has 0 aromatic rings. The first-order valence-corrected chi connectivity index (χ1v) is 3.54. The molecule has 0 aliphatic carbocycles. The zero-order valence-electron chi connectivity index (χ0n) is 7.07. The topological polar surface area (TPSA) is 72.8 Å². The molecular weight excluding hydrogens is 164 g/mol. The largest absolute Gasteiger partial charge is 0.469 e. The summed E-state index contributed by atoms with van der Waals surface area (Å²) in [5, 5.41) is 7.96. The molecule has 0 fully saturated rings. The van der Waals surface area contributed by atoms with E-state index in [2.05, 4.69) is 9.62 Å². The van der Waals surface area contributed by atoms with E-state index in [1.165, 1.54) is 7.11 Å².